The predicted octanol–water partition coefficient (Wildman–Crippen LogP) is 3.74. The molecular formula is C25H30N6O3. The number of rotatable bonds is 10. The number of nitrogens with zero attached hydrogens (tertiary/aromatic N) is 5. The Balaban J connectivity index is 1.52. The van der Waals surface area contributed by atoms with Crippen LogP contribution >= 0.6 is 0 Å². The number of nitrogens with one attached hydrogen (secondary N) is 1. The Morgan fingerprint density at radius 1 is 1.00 bits per heavy atom. The Hall–Kier alpha value is -3.56. The fraction of sp³-hybridized carbons (Fsp3) is 0.360. The Labute approximate surface area is 199 Å². The van der Waals surface area contributed by atoms with Gasteiger partial charge in [0.25, 0.3) is 0 Å². The van der Waals surface area contributed by atoms with Gasteiger partial charge in [0, 0.05) is 46.4 Å². The number of nitro groups is 1. The van der Waals surface area contributed by atoms with E-state index >= 15 is 0 Å². The lowest BCUT2D eigenvalue weighted by Crippen LogP contribution is -2.48. The quantitative estimate of drug-likeness (QED) is 0.276. The van der Waals surface area contributed by atoms with Crippen LogP contribution in [0.5, 0.6) is 0 Å². The first-order valence-corrected chi connectivity index (χ1v) is 11.5. The molecule has 4 rings (SSSR count). The maximum Gasteiger partial charge on any atom is 0.353 e. The molecule has 0 atom stereocenters. The van der Waals surface area contributed by atoms with Crippen molar-refractivity contribution in [3.8, 4) is 0 Å². The Bertz CT molecular complexity index is 1020. The molecule has 0 saturated carbocycles. The summed E-state index contributed by atoms with van der Waals surface area (Å²) in [6.45, 7) is 3.89. The van der Waals surface area contributed by atoms with Gasteiger partial charge in [-0.05, 0) is 17.5 Å². The molecule has 0 unspecified atom stereocenters. The van der Waals surface area contributed by atoms with Gasteiger partial charge in [-0.1, -0.05) is 60.7 Å². The van der Waals surface area contributed by atoms with Gasteiger partial charge in [0.1, 0.15) is 6.33 Å². The Morgan fingerprint density at radius 3 is 2.18 bits per heavy atom. The zero-order valence-corrected chi connectivity index (χ0v) is 19.3. The Morgan fingerprint density at radius 2 is 1.62 bits per heavy atom. The number of hydrogen-bond acceptors (Lipinski definition) is 8. The van der Waals surface area contributed by atoms with Crippen molar-refractivity contribution in [2.24, 2.45) is 0 Å². The lowest BCUT2D eigenvalue weighted by atomic mass is 9.96. The van der Waals surface area contributed by atoms with Crippen molar-refractivity contribution < 1.29 is 9.66 Å². The van der Waals surface area contributed by atoms with E-state index in [9.17, 15) is 10.1 Å². The van der Waals surface area contributed by atoms with Crippen molar-refractivity contribution in [1.29, 1.82) is 0 Å². The van der Waals surface area contributed by atoms with Gasteiger partial charge in [0.2, 0.25) is 11.6 Å². The van der Waals surface area contributed by atoms with Crippen molar-refractivity contribution in [3.63, 3.8) is 0 Å². The lowest BCUT2D eigenvalue weighted by Gasteiger charge is -2.40. The average molecular weight is 463 g/mol. The molecule has 2 heterocycles. The third-order valence-corrected chi connectivity index (χ3v) is 6.01. The van der Waals surface area contributed by atoms with Crippen molar-refractivity contribution in [1.82, 2.24) is 14.9 Å². The number of anilines is 2. The molecule has 1 aliphatic heterocycles. The van der Waals surface area contributed by atoms with Gasteiger partial charge >= 0.3 is 5.69 Å². The van der Waals surface area contributed by atoms with Crippen molar-refractivity contribution >= 4 is 17.3 Å². The molecule has 1 N–H and O–H groups in total. The maximum absolute atomic E-state index is 11.9. The highest BCUT2D eigenvalue weighted by atomic mass is 16.6. The van der Waals surface area contributed by atoms with Crippen LogP contribution in [0.4, 0.5) is 17.3 Å². The molecule has 34 heavy (non-hydrogen) atoms. The van der Waals surface area contributed by atoms with Crippen LogP contribution < -0.4 is 10.2 Å². The third kappa shape index (κ3) is 5.49. The van der Waals surface area contributed by atoms with Gasteiger partial charge in [-0.2, -0.15) is 0 Å². The van der Waals surface area contributed by atoms with Gasteiger partial charge < -0.3 is 15.0 Å². The first-order valence-electron chi connectivity index (χ1n) is 11.5. The highest BCUT2D eigenvalue weighted by Crippen LogP contribution is 2.34. The molecule has 0 radical (unpaired) electrons. The summed E-state index contributed by atoms with van der Waals surface area (Å²) < 4.78 is 5.05. The summed E-state index contributed by atoms with van der Waals surface area (Å²) in [4.78, 5) is 24.4. The second-order valence-electron chi connectivity index (χ2n) is 8.17. The SMILES string of the molecule is COCCCNc1ncnc(N2CCN(C(c3ccccc3)c3ccccc3)CC2)c1[N+](=O)[O-]. The number of aromatic nitrogens is 2. The second-order valence-corrected chi connectivity index (χ2v) is 8.17. The number of piperazine rings is 1. The first kappa shape index (κ1) is 23.6. The van der Waals surface area contributed by atoms with Gasteiger partial charge in [-0.3, -0.25) is 15.0 Å². The van der Waals surface area contributed by atoms with E-state index in [2.05, 4.69) is 68.7 Å². The predicted molar refractivity (Wildman–Crippen MR) is 132 cm³/mol. The topological polar surface area (TPSA) is 96.7 Å². The van der Waals surface area contributed by atoms with Crippen LogP contribution in [0.3, 0.4) is 0 Å². The minimum absolute atomic E-state index is 0.0731. The summed E-state index contributed by atoms with van der Waals surface area (Å²) in [5, 5.41) is 15.0. The molecule has 0 spiro atoms. The Kier molecular flexibility index (Phi) is 8.00. The van der Waals surface area contributed by atoms with E-state index in [-0.39, 0.29) is 17.5 Å². The minimum Gasteiger partial charge on any atom is -0.385 e. The fourth-order valence-corrected chi connectivity index (χ4v) is 4.40. The summed E-state index contributed by atoms with van der Waals surface area (Å²) in [7, 11) is 1.63. The molecular weight excluding hydrogens is 432 g/mol. The standard InChI is InChI=1S/C25H30N6O3/c1-34-18-8-13-26-24-23(31(32)33)25(28-19-27-24)30-16-14-29(15-17-30)22(20-9-4-2-5-10-20)21-11-6-3-7-12-21/h2-7,9-12,19,22H,8,13-18H2,1H3,(H,26,27,28). The number of methoxy groups -OCH3 is 1. The summed E-state index contributed by atoms with van der Waals surface area (Å²) >= 11 is 0. The normalized spacial score (nSPS) is 14.4. The van der Waals surface area contributed by atoms with Crippen molar-refractivity contribution in [2.45, 2.75) is 12.5 Å². The van der Waals surface area contributed by atoms with Crippen molar-refractivity contribution in [2.75, 3.05) is 56.7 Å². The van der Waals surface area contributed by atoms with Crippen LogP contribution in [-0.2, 0) is 4.74 Å². The molecule has 1 aromatic heterocycles. The van der Waals surface area contributed by atoms with Gasteiger partial charge in [0.05, 0.1) is 11.0 Å². The highest BCUT2D eigenvalue weighted by molar-refractivity contribution is 5.70. The summed E-state index contributed by atoms with van der Waals surface area (Å²) in [5.74, 6) is 0.616. The molecule has 178 valence electrons. The molecule has 2 aromatic carbocycles. The zero-order chi connectivity index (χ0) is 23.8. The van der Waals surface area contributed by atoms with Gasteiger partial charge in [-0.15, -0.1) is 0 Å². The largest absolute Gasteiger partial charge is 0.385 e. The first-order chi connectivity index (χ1) is 16.7. The average Bonchev–Trinajstić information content (AvgIpc) is 2.88. The number of hydrogen-bond donors (Lipinski definition) is 1. The van der Waals surface area contributed by atoms with Crippen LogP contribution in [0.15, 0.2) is 67.0 Å². The third-order valence-electron chi connectivity index (χ3n) is 6.01. The van der Waals surface area contributed by atoms with E-state index in [4.69, 9.17) is 4.74 Å². The van der Waals surface area contributed by atoms with Crippen LogP contribution in [0, 0.1) is 10.1 Å². The smallest absolute Gasteiger partial charge is 0.353 e. The molecule has 1 saturated heterocycles. The molecule has 0 bridgehead atoms. The van der Waals surface area contributed by atoms with E-state index in [0.29, 0.717) is 32.1 Å². The summed E-state index contributed by atoms with van der Waals surface area (Å²) in [6.07, 6.45) is 2.12. The van der Waals surface area contributed by atoms with Crippen molar-refractivity contribution in [3.05, 3.63) is 88.2 Å². The summed E-state index contributed by atoms with van der Waals surface area (Å²) in [6, 6.07) is 21.0. The molecule has 3 aromatic rings. The van der Waals surface area contributed by atoms with Crippen LogP contribution in [0.25, 0.3) is 0 Å². The molecule has 1 fully saturated rings. The van der Waals surface area contributed by atoms with E-state index in [1.165, 1.54) is 17.5 Å². The maximum atomic E-state index is 11.9. The summed E-state index contributed by atoms with van der Waals surface area (Å²) in [5.41, 5.74) is 2.39. The van der Waals surface area contributed by atoms with E-state index in [0.717, 1.165) is 19.5 Å². The fourth-order valence-electron chi connectivity index (χ4n) is 4.40. The van der Waals surface area contributed by atoms with Crippen LogP contribution in [0.1, 0.15) is 23.6 Å². The minimum atomic E-state index is -0.392. The second kappa shape index (κ2) is 11.5. The van der Waals surface area contributed by atoms with E-state index < -0.39 is 4.92 Å². The van der Waals surface area contributed by atoms with Crippen LogP contribution in [-0.4, -0.2) is 66.2 Å². The number of benzene rings is 2. The van der Waals surface area contributed by atoms with E-state index in [1.807, 2.05) is 17.0 Å². The van der Waals surface area contributed by atoms with Gasteiger partial charge in [-0.25, -0.2) is 9.97 Å². The molecule has 1 aliphatic rings. The van der Waals surface area contributed by atoms with Gasteiger partial charge in [0.15, 0.2) is 0 Å². The van der Waals surface area contributed by atoms with E-state index in [1.54, 1.807) is 7.11 Å². The molecule has 0 amide bonds. The number of ether oxygens (including phenoxy) is 1. The highest BCUT2D eigenvalue weighted by Gasteiger charge is 2.31. The van der Waals surface area contributed by atoms with Crippen LogP contribution in [0.2, 0.25) is 0 Å². The lowest BCUT2D eigenvalue weighted by molar-refractivity contribution is -0.383. The molecule has 9 heteroatoms. The molecule has 0 aliphatic carbocycles. The molecule has 9 nitrogen and oxygen atoms in total. The monoisotopic (exact) mass is 462 g/mol. The zero-order valence-electron chi connectivity index (χ0n) is 19.3.